The molecule has 4 nitrogen and oxygen atoms in total. The highest BCUT2D eigenvalue weighted by atomic mass is 16.5. The van der Waals surface area contributed by atoms with Gasteiger partial charge in [-0.2, -0.15) is 0 Å². The number of benzene rings is 1. The molecule has 1 aromatic carbocycles. The molecular weight excluding hydrogens is 252 g/mol. The first-order valence-electron chi connectivity index (χ1n) is 7.41. The third-order valence-electron chi connectivity index (χ3n) is 4.30. The molecule has 20 heavy (non-hydrogen) atoms. The minimum absolute atomic E-state index is 0.00685. The normalized spacial score (nSPS) is 27.3. The summed E-state index contributed by atoms with van der Waals surface area (Å²) in [5.74, 6) is 1.08. The van der Waals surface area contributed by atoms with Gasteiger partial charge in [0.05, 0.1) is 13.2 Å². The molecule has 0 aromatic heterocycles. The van der Waals surface area contributed by atoms with Crippen molar-refractivity contribution in [3.8, 4) is 5.75 Å². The van der Waals surface area contributed by atoms with Crippen LogP contribution in [0.15, 0.2) is 24.3 Å². The van der Waals surface area contributed by atoms with Crippen molar-refractivity contribution in [1.82, 2.24) is 4.90 Å². The predicted molar refractivity (Wildman–Crippen MR) is 77.4 cm³/mol. The summed E-state index contributed by atoms with van der Waals surface area (Å²) in [6, 6.07) is 8.36. The van der Waals surface area contributed by atoms with E-state index in [0.717, 1.165) is 37.0 Å². The van der Waals surface area contributed by atoms with E-state index in [-0.39, 0.29) is 18.0 Å². The van der Waals surface area contributed by atoms with Crippen LogP contribution in [0.4, 0.5) is 0 Å². The molecule has 1 saturated heterocycles. The first-order chi connectivity index (χ1) is 9.70. The molecule has 0 spiro atoms. The highest BCUT2D eigenvalue weighted by Gasteiger charge is 2.41. The van der Waals surface area contributed by atoms with Gasteiger partial charge < -0.3 is 15.4 Å². The molecule has 2 unspecified atom stereocenters. The molecule has 1 aromatic rings. The Hall–Kier alpha value is -1.55. The van der Waals surface area contributed by atoms with Crippen LogP contribution in [0.25, 0.3) is 0 Å². The number of carbonyl (C=O) groups is 1. The summed E-state index contributed by atoms with van der Waals surface area (Å²) >= 11 is 0. The Balaban J connectivity index is 1.97. The summed E-state index contributed by atoms with van der Waals surface area (Å²) in [4.78, 5) is 14.5. The molecule has 0 bridgehead atoms. The molecule has 3 rings (SSSR count). The maximum absolute atomic E-state index is 12.4. The monoisotopic (exact) mass is 274 g/mol. The molecule has 108 valence electrons. The smallest absolute Gasteiger partial charge is 0.223 e. The Kier molecular flexibility index (Phi) is 3.66. The topological polar surface area (TPSA) is 55.6 Å². The third kappa shape index (κ3) is 2.52. The van der Waals surface area contributed by atoms with Crippen LogP contribution >= 0.6 is 0 Å². The number of ether oxygens (including phenoxy) is 1. The number of likely N-dealkylation sites (tertiary alicyclic amines) is 1. The van der Waals surface area contributed by atoms with Gasteiger partial charge in [0, 0.05) is 18.5 Å². The van der Waals surface area contributed by atoms with E-state index in [2.05, 4.69) is 6.07 Å². The van der Waals surface area contributed by atoms with Gasteiger partial charge in [0.2, 0.25) is 5.91 Å². The summed E-state index contributed by atoms with van der Waals surface area (Å²) in [5, 5.41) is 0. The molecule has 2 N–H and O–H groups in total. The maximum Gasteiger partial charge on any atom is 0.223 e. The number of hydrogen-bond acceptors (Lipinski definition) is 3. The number of nitrogens with zero attached hydrogens (tertiary/aromatic N) is 1. The van der Waals surface area contributed by atoms with Crippen LogP contribution in [0, 0.1) is 0 Å². The van der Waals surface area contributed by atoms with E-state index in [9.17, 15) is 4.79 Å². The van der Waals surface area contributed by atoms with Crippen molar-refractivity contribution in [3.05, 3.63) is 29.8 Å². The third-order valence-corrected chi connectivity index (χ3v) is 4.30. The van der Waals surface area contributed by atoms with E-state index >= 15 is 0 Å². The number of hydrogen-bond donors (Lipinski definition) is 1. The van der Waals surface area contributed by atoms with Crippen molar-refractivity contribution >= 4 is 5.91 Å². The highest BCUT2D eigenvalue weighted by Crippen LogP contribution is 2.39. The first kappa shape index (κ1) is 13.4. The molecule has 2 aliphatic rings. The Morgan fingerprint density at radius 1 is 1.30 bits per heavy atom. The minimum atomic E-state index is -0.00685. The highest BCUT2D eigenvalue weighted by molar-refractivity contribution is 5.78. The van der Waals surface area contributed by atoms with Gasteiger partial charge in [-0.05, 0) is 43.4 Å². The zero-order valence-corrected chi connectivity index (χ0v) is 11.9. The largest absolute Gasteiger partial charge is 0.497 e. The minimum Gasteiger partial charge on any atom is -0.497 e. The average Bonchev–Trinajstić information content (AvgIpc) is 3.28. The summed E-state index contributed by atoms with van der Waals surface area (Å²) in [6.45, 7) is 0. The summed E-state index contributed by atoms with van der Waals surface area (Å²) < 4.78 is 5.31. The predicted octanol–water partition coefficient (Wildman–Crippen LogP) is 2.24. The molecule has 0 radical (unpaired) electrons. The lowest BCUT2D eigenvalue weighted by atomic mass is 9.96. The Morgan fingerprint density at radius 3 is 2.80 bits per heavy atom. The van der Waals surface area contributed by atoms with Gasteiger partial charge in [0.25, 0.3) is 0 Å². The van der Waals surface area contributed by atoms with Crippen molar-refractivity contribution in [3.63, 3.8) is 0 Å². The van der Waals surface area contributed by atoms with Crippen LogP contribution in [-0.4, -0.2) is 30.0 Å². The standard InChI is InChI=1S/C16H22N2O2/c1-20-13-5-2-4-11(10-13)16-14(17)6-3-7-15(19)18(16)12-8-9-12/h2,4-5,10,12,14,16H,3,6-9,17H2,1H3. The number of amides is 1. The fourth-order valence-electron chi connectivity index (χ4n) is 3.15. The first-order valence-corrected chi connectivity index (χ1v) is 7.41. The van der Waals surface area contributed by atoms with Crippen molar-refractivity contribution < 1.29 is 9.53 Å². The lowest BCUT2D eigenvalue weighted by molar-refractivity contribution is -0.133. The second-order valence-corrected chi connectivity index (χ2v) is 5.81. The molecule has 1 aliphatic carbocycles. The van der Waals surface area contributed by atoms with Crippen molar-refractivity contribution in [2.75, 3.05) is 7.11 Å². The Bertz CT molecular complexity index is 499. The van der Waals surface area contributed by atoms with Gasteiger partial charge in [-0.15, -0.1) is 0 Å². The molecular formula is C16H22N2O2. The van der Waals surface area contributed by atoms with E-state index in [1.54, 1.807) is 7.11 Å². The van der Waals surface area contributed by atoms with Gasteiger partial charge in [-0.3, -0.25) is 4.79 Å². The van der Waals surface area contributed by atoms with Crippen molar-refractivity contribution in [2.45, 2.75) is 50.2 Å². The molecule has 4 heteroatoms. The molecule has 1 aliphatic heterocycles. The average molecular weight is 274 g/mol. The molecule has 1 amide bonds. The Morgan fingerprint density at radius 2 is 2.10 bits per heavy atom. The second kappa shape index (κ2) is 5.44. The molecule has 1 heterocycles. The van der Waals surface area contributed by atoms with Crippen LogP contribution in [0.3, 0.4) is 0 Å². The number of methoxy groups -OCH3 is 1. The summed E-state index contributed by atoms with van der Waals surface area (Å²) in [7, 11) is 1.66. The molecule has 2 fully saturated rings. The second-order valence-electron chi connectivity index (χ2n) is 5.81. The zero-order chi connectivity index (χ0) is 14.1. The van der Waals surface area contributed by atoms with Crippen molar-refractivity contribution in [1.29, 1.82) is 0 Å². The van der Waals surface area contributed by atoms with Gasteiger partial charge >= 0.3 is 0 Å². The van der Waals surface area contributed by atoms with E-state index < -0.39 is 0 Å². The number of rotatable bonds is 3. The molecule has 1 saturated carbocycles. The van der Waals surface area contributed by atoms with Crippen LogP contribution < -0.4 is 10.5 Å². The van der Waals surface area contributed by atoms with Crippen molar-refractivity contribution in [2.24, 2.45) is 5.73 Å². The number of carbonyl (C=O) groups excluding carboxylic acids is 1. The van der Waals surface area contributed by atoms with E-state index in [4.69, 9.17) is 10.5 Å². The van der Waals surface area contributed by atoms with E-state index in [1.165, 1.54) is 0 Å². The van der Waals surface area contributed by atoms with Crippen LogP contribution in [0.5, 0.6) is 5.75 Å². The van der Waals surface area contributed by atoms with Crippen LogP contribution in [0.2, 0.25) is 0 Å². The van der Waals surface area contributed by atoms with Gasteiger partial charge in [0.1, 0.15) is 5.75 Å². The van der Waals surface area contributed by atoms with E-state index in [1.807, 2.05) is 23.1 Å². The SMILES string of the molecule is COc1cccc(C2C(N)CCCC(=O)N2C2CC2)c1. The number of nitrogens with two attached hydrogens (primary N) is 1. The lowest BCUT2D eigenvalue weighted by Crippen LogP contribution is -2.43. The quantitative estimate of drug-likeness (QED) is 0.919. The van der Waals surface area contributed by atoms with Gasteiger partial charge in [-0.25, -0.2) is 0 Å². The van der Waals surface area contributed by atoms with Gasteiger partial charge in [0.15, 0.2) is 0 Å². The molecule has 2 atom stereocenters. The maximum atomic E-state index is 12.4. The lowest BCUT2D eigenvalue weighted by Gasteiger charge is -2.34. The fourth-order valence-corrected chi connectivity index (χ4v) is 3.15. The zero-order valence-electron chi connectivity index (χ0n) is 11.9. The Labute approximate surface area is 119 Å². The van der Waals surface area contributed by atoms with E-state index in [0.29, 0.717) is 12.5 Å². The fraction of sp³-hybridized carbons (Fsp3) is 0.562. The van der Waals surface area contributed by atoms with Gasteiger partial charge in [-0.1, -0.05) is 12.1 Å². The summed E-state index contributed by atoms with van der Waals surface area (Å²) in [6.07, 6.45) is 4.64. The van der Waals surface area contributed by atoms with Crippen LogP contribution in [0.1, 0.15) is 43.7 Å². The van der Waals surface area contributed by atoms with Crippen LogP contribution in [-0.2, 0) is 4.79 Å². The summed E-state index contributed by atoms with van der Waals surface area (Å²) in [5.41, 5.74) is 7.48.